The fourth-order valence-corrected chi connectivity index (χ4v) is 3.51. The predicted molar refractivity (Wildman–Crippen MR) is 113 cm³/mol. The van der Waals surface area contributed by atoms with Crippen LogP contribution >= 0.6 is 11.3 Å². The maximum atomic E-state index is 12.1. The third-order valence-corrected chi connectivity index (χ3v) is 5.08. The van der Waals surface area contributed by atoms with Gasteiger partial charge in [-0.15, -0.1) is 10.2 Å². The normalized spacial score (nSPS) is 10.7. The van der Waals surface area contributed by atoms with E-state index in [1.54, 1.807) is 0 Å². The molecule has 6 nitrogen and oxygen atoms in total. The number of hydrogen-bond donors (Lipinski definition) is 1. The molecule has 1 amide bonds. The summed E-state index contributed by atoms with van der Waals surface area (Å²) in [7, 11) is 0. The molecule has 0 saturated carbocycles. The van der Waals surface area contributed by atoms with Crippen LogP contribution in [0.2, 0.25) is 0 Å². The second-order valence-electron chi connectivity index (χ2n) is 6.37. The lowest BCUT2D eigenvalue weighted by atomic mass is 10.1. The number of hydrogen-bond acceptors (Lipinski definition) is 6. The fraction of sp³-hybridized carbons (Fsp3) is 0.136. The summed E-state index contributed by atoms with van der Waals surface area (Å²) >= 11 is 1.28. The summed E-state index contributed by atoms with van der Waals surface area (Å²) < 4.78 is 11.5. The lowest BCUT2D eigenvalue weighted by molar-refractivity contribution is -0.118. The van der Waals surface area contributed by atoms with Crippen LogP contribution in [0.25, 0.3) is 10.8 Å². The predicted octanol–water partition coefficient (Wildman–Crippen LogP) is 4.60. The average molecular weight is 405 g/mol. The minimum atomic E-state index is -0.286. The van der Waals surface area contributed by atoms with Gasteiger partial charge in [-0.2, -0.15) is 0 Å². The summed E-state index contributed by atoms with van der Waals surface area (Å²) in [4.78, 5) is 12.1. The van der Waals surface area contributed by atoms with Crippen LogP contribution in [-0.4, -0.2) is 22.7 Å². The zero-order valence-corrected chi connectivity index (χ0v) is 16.6. The van der Waals surface area contributed by atoms with Gasteiger partial charge in [-0.3, -0.25) is 10.1 Å². The molecule has 1 N–H and O–H groups in total. The highest BCUT2D eigenvalue weighted by molar-refractivity contribution is 7.15. The van der Waals surface area contributed by atoms with Crippen LogP contribution in [0.15, 0.2) is 66.7 Å². The van der Waals surface area contributed by atoms with E-state index in [-0.39, 0.29) is 19.1 Å². The Morgan fingerprint density at radius 2 is 1.69 bits per heavy atom. The maximum absolute atomic E-state index is 12.1. The van der Waals surface area contributed by atoms with Crippen LogP contribution in [0.4, 0.5) is 5.13 Å². The molecule has 4 aromatic rings. The summed E-state index contributed by atoms with van der Waals surface area (Å²) in [5.41, 5.74) is 0.976. The van der Waals surface area contributed by atoms with Crippen LogP contribution in [0.1, 0.15) is 10.6 Å². The molecule has 7 heteroatoms. The van der Waals surface area contributed by atoms with Crippen molar-refractivity contribution < 1.29 is 14.3 Å². The van der Waals surface area contributed by atoms with Crippen LogP contribution in [-0.2, 0) is 11.4 Å². The lowest BCUT2D eigenvalue weighted by Gasteiger charge is -2.08. The molecule has 0 aliphatic carbocycles. The highest BCUT2D eigenvalue weighted by Crippen LogP contribution is 2.26. The highest BCUT2D eigenvalue weighted by atomic mass is 32.1. The molecule has 146 valence electrons. The SMILES string of the molecule is Cc1ccccc1OCC(=O)Nc1nnc(COc2cccc3ccccc23)s1. The Bertz CT molecular complexity index is 1140. The second kappa shape index (κ2) is 8.70. The van der Waals surface area contributed by atoms with Crippen molar-refractivity contribution in [3.63, 3.8) is 0 Å². The third kappa shape index (κ3) is 4.70. The number of carbonyl (C=O) groups is 1. The molecular weight excluding hydrogens is 386 g/mol. The van der Waals surface area contributed by atoms with E-state index in [4.69, 9.17) is 9.47 Å². The Labute approximate surface area is 172 Å². The van der Waals surface area contributed by atoms with Crippen molar-refractivity contribution in [1.82, 2.24) is 10.2 Å². The van der Waals surface area contributed by atoms with Gasteiger partial charge in [0.25, 0.3) is 5.91 Å². The third-order valence-electron chi connectivity index (χ3n) is 4.27. The summed E-state index contributed by atoms with van der Waals surface area (Å²) in [6.45, 7) is 2.12. The average Bonchev–Trinajstić information content (AvgIpc) is 3.19. The number of rotatable bonds is 7. The van der Waals surface area contributed by atoms with Crippen molar-refractivity contribution in [2.24, 2.45) is 0 Å². The number of aryl methyl sites for hydroxylation is 1. The molecule has 0 atom stereocenters. The van der Waals surface area contributed by atoms with Gasteiger partial charge < -0.3 is 9.47 Å². The van der Waals surface area contributed by atoms with E-state index in [2.05, 4.69) is 15.5 Å². The zero-order chi connectivity index (χ0) is 20.1. The van der Waals surface area contributed by atoms with Gasteiger partial charge in [-0.1, -0.05) is 65.9 Å². The Morgan fingerprint density at radius 1 is 0.931 bits per heavy atom. The number of carbonyl (C=O) groups excluding carboxylic acids is 1. The van der Waals surface area contributed by atoms with Crippen LogP contribution in [0.5, 0.6) is 11.5 Å². The quantitative estimate of drug-likeness (QED) is 0.487. The number of amides is 1. The number of nitrogens with zero attached hydrogens (tertiary/aromatic N) is 2. The number of nitrogens with one attached hydrogen (secondary N) is 1. The van der Waals surface area contributed by atoms with Crippen molar-refractivity contribution in [2.45, 2.75) is 13.5 Å². The molecule has 0 bridgehead atoms. The Balaban J connectivity index is 1.32. The molecule has 0 unspecified atom stereocenters. The van der Waals surface area contributed by atoms with Gasteiger partial charge in [-0.05, 0) is 30.0 Å². The van der Waals surface area contributed by atoms with Crippen LogP contribution in [0, 0.1) is 6.92 Å². The van der Waals surface area contributed by atoms with Crippen molar-refractivity contribution in [2.75, 3.05) is 11.9 Å². The molecule has 3 aromatic carbocycles. The molecular formula is C22H19N3O3S. The van der Waals surface area contributed by atoms with E-state index in [1.165, 1.54) is 11.3 Å². The van der Waals surface area contributed by atoms with Crippen molar-refractivity contribution in [3.05, 3.63) is 77.3 Å². The van der Waals surface area contributed by atoms with Crippen molar-refractivity contribution in [3.8, 4) is 11.5 Å². The van der Waals surface area contributed by atoms with Gasteiger partial charge in [0.15, 0.2) is 11.6 Å². The maximum Gasteiger partial charge on any atom is 0.264 e. The molecule has 1 aromatic heterocycles. The topological polar surface area (TPSA) is 73.3 Å². The molecule has 0 saturated heterocycles. The molecule has 0 aliphatic rings. The van der Waals surface area contributed by atoms with Crippen LogP contribution < -0.4 is 14.8 Å². The largest absolute Gasteiger partial charge is 0.486 e. The molecule has 4 rings (SSSR count). The Kier molecular flexibility index (Phi) is 5.67. The van der Waals surface area contributed by atoms with E-state index >= 15 is 0 Å². The van der Waals surface area contributed by atoms with E-state index < -0.39 is 0 Å². The first kappa shape index (κ1) is 18.9. The van der Waals surface area contributed by atoms with E-state index in [0.29, 0.717) is 15.9 Å². The van der Waals surface area contributed by atoms with Gasteiger partial charge >= 0.3 is 0 Å². The number of fused-ring (bicyclic) bond motifs is 1. The molecule has 0 aliphatic heterocycles. The number of anilines is 1. The van der Waals surface area contributed by atoms with Gasteiger partial charge in [0.2, 0.25) is 5.13 Å². The number of ether oxygens (including phenoxy) is 2. The number of benzene rings is 3. The summed E-state index contributed by atoms with van der Waals surface area (Å²) in [5.74, 6) is 1.19. The van der Waals surface area contributed by atoms with Gasteiger partial charge in [0.05, 0.1) is 0 Å². The first-order chi connectivity index (χ1) is 14.2. The highest BCUT2D eigenvalue weighted by Gasteiger charge is 2.11. The van der Waals surface area contributed by atoms with Gasteiger partial charge in [0.1, 0.15) is 18.1 Å². The first-order valence-electron chi connectivity index (χ1n) is 9.10. The van der Waals surface area contributed by atoms with Crippen LogP contribution in [0.3, 0.4) is 0 Å². The minimum absolute atomic E-state index is 0.0910. The summed E-state index contributed by atoms with van der Waals surface area (Å²) in [5, 5.41) is 14.0. The molecule has 0 spiro atoms. The van der Waals surface area contributed by atoms with Gasteiger partial charge in [-0.25, -0.2) is 0 Å². The fourth-order valence-electron chi connectivity index (χ4n) is 2.84. The Morgan fingerprint density at radius 3 is 2.59 bits per heavy atom. The number of para-hydroxylation sites is 1. The minimum Gasteiger partial charge on any atom is -0.486 e. The van der Waals surface area contributed by atoms with E-state index in [0.717, 1.165) is 22.1 Å². The molecule has 29 heavy (non-hydrogen) atoms. The Hall–Kier alpha value is -3.45. The standard InChI is InChI=1S/C22H19N3O3S/c1-15-7-2-5-11-18(15)27-13-20(26)23-22-25-24-21(29-22)14-28-19-12-6-9-16-8-3-4-10-17(16)19/h2-12H,13-14H2,1H3,(H,23,25,26). The van der Waals surface area contributed by atoms with Crippen molar-refractivity contribution in [1.29, 1.82) is 0 Å². The van der Waals surface area contributed by atoms with E-state index in [1.807, 2.05) is 73.7 Å². The molecule has 0 fully saturated rings. The van der Waals surface area contributed by atoms with Crippen molar-refractivity contribution >= 4 is 33.1 Å². The zero-order valence-electron chi connectivity index (χ0n) is 15.8. The molecule has 1 heterocycles. The smallest absolute Gasteiger partial charge is 0.264 e. The first-order valence-corrected chi connectivity index (χ1v) is 9.92. The number of aromatic nitrogens is 2. The van der Waals surface area contributed by atoms with Gasteiger partial charge in [0, 0.05) is 5.39 Å². The van der Waals surface area contributed by atoms with E-state index in [9.17, 15) is 4.79 Å². The lowest BCUT2D eigenvalue weighted by Crippen LogP contribution is -2.20. The summed E-state index contributed by atoms with van der Waals surface area (Å²) in [6.07, 6.45) is 0. The molecule has 0 radical (unpaired) electrons. The summed E-state index contributed by atoms with van der Waals surface area (Å²) in [6, 6.07) is 21.5. The monoisotopic (exact) mass is 405 g/mol. The second-order valence-corrected chi connectivity index (χ2v) is 7.43.